The number of carbonyl (C=O) groups excluding carboxylic acids is 1. The van der Waals surface area contributed by atoms with Crippen LogP contribution in [0.1, 0.15) is 23.2 Å². The highest BCUT2D eigenvalue weighted by atomic mass is 127. The van der Waals surface area contributed by atoms with E-state index in [-0.39, 0.29) is 23.5 Å². The normalized spacial score (nSPS) is 17.2. The van der Waals surface area contributed by atoms with Crippen LogP contribution in [0.5, 0.6) is 0 Å². The fourth-order valence-corrected chi connectivity index (χ4v) is 4.04. The lowest BCUT2D eigenvalue weighted by Crippen LogP contribution is -2.31. The van der Waals surface area contributed by atoms with E-state index in [1.54, 1.807) is 0 Å². The molecule has 138 valence electrons. The maximum atomic E-state index is 12.3. The molecule has 2 N–H and O–H groups in total. The Bertz CT molecular complexity index is 861. The van der Waals surface area contributed by atoms with Crippen LogP contribution >= 0.6 is 22.6 Å². The Balaban J connectivity index is 1.63. The average Bonchev–Trinajstić information content (AvgIpc) is 3.16. The van der Waals surface area contributed by atoms with Crippen molar-refractivity contribution in [1.82, 2.24) is 4.72 Å². The molecule has 6 nitrogen and oxygen atoms in total. The minimum atomic E-state index is -3.62. The summed E-state index contributed by atoms with van der Waals surface area (Å²) in [7, 11) is -3.62. The Morgan fingerprint density at radius 2 is 1.81 bits per heavy atom. The summed E-state index contributed by atoms with van der Waals surface area (Å²) in [5.41, 5.74) is 1.08. The Morgan fingerprint density at radius 3 is 2.42 bits per heavy atom. The third kappa shape index (κ3) is 5.03. The van der Waals surface area contributed by atoms with Crippen molar-refractivity contribution >= 4 is 44.2 Å². The average molecular weight is 486 g/mol. The number of rotatable bonds is 6. The lowest BCUT2D eigenvalue weighted by atomic mass is 10.2. The number of sulfonamides is 1. The molecule has 1 atom stereocenters. The highest BCUT2D eigenvalue weighted by Crippen LogP contribution is 2.16. The third-order valence-electron chi connectivity index (χ3n) is 4.05. The number of hydrogen-bond acceptors (Lipinski definition) is 4. The zero-order valence-electron chi connectivity index (χ0n) is 13.9. The Morgan fingerprint density at radius 1 is 1.12 bits per heavy atom. The summed E-state index contributed by atoms with van der Waals surface area (Å²) in [4.78, 5) is 12.4. The van der Waals surface area contributed by atoms with Crippen molar-refractivity contribution in [1.29, 1.82) is 0 Å². The van der Waals surface area contributed by atoms with Crippen LogP contribution in [0.25, 0.3) is 0 Å². The van der Waals surface area contributed by atoms with Crippen molar-refractivity contribution in [2.75, 3.05) is 18.5 Å². The zero-order chi connectivity index (χ0) is 18.6. The number of benzene rings is 2. The second-order valence-corrected chi connectivity index (χ2v) is 8.98. The zero-order valence-corrected chi connectivity index (χ0v) is 16.9. The van der Waals surface area contributed by atoms with Gasteiger partial charge in [-0.15, -0.1) is 0 Å². The Kier molecular flexibility index (Phi) is 6.28. The van der Waals surface area contributed by atoms with Gasteiger partial charge >= 0.3 is 0 Å². The molecule has 1 amide bonds. The molecule has 0 spiro atoms. The summed E-state index contributed by atoms with van der Waals surface area (Å²) in [6.45, 7) is 0.939. The lowest BCUT2D eigenvalue weighted by Gasteiger charge is -2.12. The standard InChI is InChI=1S/C18H19IN2O4S/c19-14-5-7-15(8-6-14)21-18(22)13-3-9-17(10-4-13)26(23,24)20-12-16-2-1-11-25-16/h3-10,16,20H,1-2,11-12H2,(H,21,22)/t16-/m0/s1. The monoisotopic (exact) mass is 486 g/mol. The highest BCUT2D eigenvalue weighted by Gasteiger charge is 2.20. The van der Waals surface area contributed by atoms with E-state index < -0.39 is 10.0 Å². The van der Waals surface area contributed by atoms with Gasteiger partial charge < -0.3 is 10.1 Å². The molecule has 0 unspecified atom stereocenters. The molecule has 0 bridgehead atoms. The third-order valence-corrected chi connectivity index (χ3v) is 6.21. The quantitative estimate of drug-likeness (QED) is 0.616. The summed E-state index contributed by atoms with van der Waals surface area (Å²) in [6, 6.07) is 13.3. The number of halogens is 1. The van der Waals surface area contributed by atoms with Gasteiger partial charge in [0.15, 0.2) is 0 Å². The number of anilines is 1. The van der Waals surface area contributed by atoms with E-state index >= 15 is 0 Å². The minimum Gasteiger partial charge on any atom is -0.377 e. The summed E-state index contributed by atoms with van der Waals surface area (Å²) in [6.07, 6.45) is 1.75. The predicted molar refractivity (Wildman–Crippen MR) is 108 cm³/mol. The second kappa shape index (κ2) is 8.47. The molecule has 0 aliphatic carbocycles. The maximum absolute atomic E-state index is 12.3. The van der Waals surface area contributed by atoms with E-state index in [4.69, 9.17) is 4.74 Å². The van der Waals surface area contributed by atoms with Gasteiger partial charge in [0.2, 0.25) is 10.0 Å². The van der Waals surface area contributed by atoms with Gasteiger partial charge in [0.05, 0.1) is 11.0 Å². The van der Waals surface area contributed by atoms with E-state index in [2.05, 4.69) is 32.6 Å². The molecular weight excluding hydrogens is 467 g/mol. The van der Waals surface area contributed by atoms with Crippen LogP contribution in [-0.4, -0.2) is 33.6 Å². The lowest BCUT2D eigenvalue weighted by molar-refractivity contribution is 0.102. The van der Waals surface area contributed by atoms with Crippen molar-refractivity contribution in [3.63, 3.8) is 0 Å². The van der Waals surface area contributed by atoms with Crippen LogP contribution in [0.15, 0.2) is 53.4 Å². The molecule has 2 aromatic rings. The molecule has 1 fully saturated rings. The van der Waals surface area contributed by atoms with E-state index in [9.17, 15) is 13.2 Å². The summed E-state index contributed by atoms with van der Waals surface area (Å²) >= 11 is 2.19. The molecule has 0 aromatic heterocycles. The van der Waals surface area contributed by atoms with E-state index in [1.807, 2.05) is 24.3 Å². The topological polar surface area (TPSA) is 84.5 Å². The van der Waals surface area contributed by atoms with E-state index in [0.29, 0.717) is 17.9 Å². The van der Waals surface area contributed by atoms with Gasteiger partial charge in [-0.3, -0.25) is 4.79 Å². The first-order valence-corrected chi connectivity index (χ1v) is 10.8. The molecule has 3 rings (SSSR count). The van der Waals surface area contributed by atoms with Gasteiger partial charge in [-0.25, -0.2) is 13.1 Å². The Hall–Kier alpha value is -1.49. The Labute approximate surface area is 166 Å². The van der Waals surface area contributed by atoms with Crippen molar-refractivity contribution in [2.24, 2.45) is 0 Å². The molecule has 26 heavy (non-hydrogen) atoms. The van der Waals surface area contributed by atoms with Gasteiger partial charge in [-0.05, 0) is 84.0 Å². The molecule has 1 saturated heterocycles. The van der Waals surface area contributed by atoms with Crippen molar-refractivity contribution < 1.29 is 17.9 Å². The second-order valence-electron chi connectivity index (χ2n) is 5.97. The van der Waals surface area contributed by atoms with Gasteiger partial charge in [-0.2, -0.15) is 0 Å². The highest BCUT2D eigenvalue weighted by molar-refractivity contribution is 14.1. The van der Waals surface area contributed by atoms with Gasteiger partial charge in [0.1, 0.15) is 0 Å². The van der Waals surface area contributed by atoms with Crippen LogP contribution in [0.4, 0.5) is 5.69 Å². The number of nitrogens with one attached hydrogen (secondary N) is 2. The summed E-state index contributed by atoms with van der Waals surface area (Å²) in [5.74, 6) is -0.289. The van der Waals surface area contributed by atoms with E-state index in [1.165, 1.54) is 24.3 Å². The SMILES string of the molecule is O=C(Nc1ccc(I)cc1)c1ccc(S(=O)(=O)NC[C@@H]2CCCO2)cc1. The van der Waals surface area contributed by atoms with Crippen LogP contribution in [0, 0.1) is 3.57 Å². The fraction of sp³-hybridized carbons (Fsp3) is 0.278. The molecule has 1 aliphatic rings. The largest absolute Gasteiger partial charge is 0.377 e. The van der Waals surface area contributed by atoms with Crippen molar-refractivity contribution in [2.45, 2.75) is 23.8 Å². The van der Waals surface area contributed by atoms with E-state index in [0.717, 1.165) is 16.4 Å². The minimum absolute atomic E-state index is 0.0660. The molecular formula is C18H19IN2O4S. The first-order valence-electron chi connectivity index (χ1n) is 8.22. The van der Waals surface area contributed by atoms with Crippen molar-refractivity contribution in [3.8, 4) is 0 Å². The van der Waals surface area contributed by atoms with Crippen LogP contribution in [0.2, 0.25) is 0 Å². The van der Waals surface area contributed by atoms with Crippen LogP contribution in [0.3, 0.4) is 0 Å². The van der Waals surface area contributed by atoms with Gasteiger partial charge in [0.25, 0.3) is 5.91 Å². The molecule has 1 aliphatic heterocycles. The molecule has 0 saturated carbocycles. The maximum Gasteiger partial charge on any atom is 0.255 e. The molecule has 1 heterocycles. The van der Waals surface area contributed by atoms with Gasteiger partial charge in [0, 0.05) is 28.0 Å². The number of carbonyl (C=O) groups is 1. The number of amides is 1. The first kappa shape index (κ1) is 19.3. The number of hydrogen-bond donors (Lipinski definition) is 2. The van der Waals surface area contributed by atoms with Crippen LogP contribution in [-0.2, 0) is 14.8 Å². The summed E-state index contributed by atoms with van der Waals surface area (Å²) in [5, 5.41) is 2.78. The molecule has 0 radical (unpaired) electrons. The molecule has 2 aromatic carbocycles. The van der Waals surface area contributed by atoms with Crippen molar-refractivity contribution in [3.05, 3.63) is 57.7 Å². The first-order chi connectivity index (χ1) is 12.4. The fourth-order valence-electron chi connectivity index (χ4n) is 2.61. The predicted octanol–water partition coefficient (Wildman–Crippen LogP) is 3.00. The number of ether oxygens (including phenoxy) is 1. The smallest absolute Gasteiger partial charge is 0.255 e. The van der Waals surface area contributed by atoms with Gasteiger partial charge in [-0.1, -0.05) is 0 Å². The molecule has 8 heteroatoms. The summed E-state index contributed by atoms with van der Waals surface area (Å²) < 4.78 is 33.7. The van der Waals surface area contributed by atoms with Crippen LogP contribution < -0.4 is 10.0 Å².